The van der Waals surface area contributed by atoms with Crippen molar-refractivity contribution < 1.29 is 0 Å². The Morgan fingerprint density at radius 1 is 0.468 bits per heavy atom. The van der Waals surface area contributed by atoms with Gasteiger partial charge in [-0.25, -0.2) is 0 Å². The van der Waals surface area contributed by atoms with E-state index in [1.54, 1.807) is 5.56 Å². The van der Waals surface area contributed by atoms with E-state index < -0.39 is 0 Å². The molecule has 5 aromatic carbocycles. The number of hydrogen-bond donors (Lipinski definition) is 0. The van der Waals surface area contributed by atoms with Gasteiger partial charge in [0.15, 0.2) is 0 Å². The molecule has 0 atom stereocenters. The minimum absolute atomic E-state index is 0.0544. The number of para-hydroxylation sites is 2. The Hall–Kier alpha value is -4.30. The molecule has 1 aliphatic rings. The van der Waals surface area contributed by atoms with Gasteiger partial charge in [-0.3, -0.25) is 0 Å². The highest BCUT2D eigenvalue weighted by molar-refractivity contribution is 5.86. The van der Waals surface area contributed by atoms with Gasteiger partial charge in [0.05, 0.1) is 0 Å². The number of unbranched alkanes of at least 4 members (excludes halogenated alkanes) is 6. The number of hydrogen-bond acceptors (Lipinski definition) is 2. The lowest BCUT2D eigenvalue weighted by atomic mass is 9.70. The fourth-order valence-corrected chi connectivity index (χ4v) is 7.76. The smallest absolute Gasteiger partial charge is 0.0465 e. The molecule has 0 unspecified atom stereocenters. The van der Waals surface area contributed by atoms with Crippen LogP contribution in [0.3, 0.4) is 0 Å². The molecule has 2 heteroatoms. The fraction of sp³-hybridized carbons (Fsp3) is 0.333. The maximum atomic E-state index is 2.56. The summed E-state index contributed by atoms with van der Waals surface area (Å²) in [6.45, 7) is 6.91. The Balaban J connectivity index is 1.44. The first kappa shape index (κ1) is 32.6. The molecule has 0 aliphatic heterocycles. The summed E-state index contributed by atoms with van der Waals surface area (Å²) >= 11 is 0. The van der Waals surface area contributed by atoms with Gasteiger partial charge in [-0.15, -0.1) is 0 Å². The molecule has 1 aliphatic carbocycles. The van der Waals surface area contributed by atoms with Crippen LogP contribution in [0.1, 0.15) is 94.7 Å². The molecule has 5 aromatic rings. The normalized spacial score (nSPS) is 12.9. The second-order valence-corrected chi connectivity index (χ2v) is 13.6. The molecule has 6 rings (SSSR count). The van der Waals surface area contributed by atoms with Crippen molar-refractivity contribution in [3.63, 3.8) is 0 Å². The molecule has 2 nitrogen and oxygen atoms in total. The topological polar surface area (TPSA) is 6.48 Å². The monoisotopic (exact) mass is 620 g/mol. The molecule has 242 valence electrons. The van der Waals surface area contributed by atoms with Gasteiger partial charge in [-0.05, 0) is 103 Å². The Labute approximate surface area is 284 Å². The third-order valence-corrected chi connectivity index (χ3v) is 10.3. The number of rotatable bonds is 15. The zero-order chi connectivity index (χ0) is 32.6. The van der Waals surface area contributed by atoms with E-state index >= 15 is 0 Å². The van der Waals surface area contributed by atoms with Crippen LogP contribution in [0.2, 0.25) is 0 Å². The van der Waals surface area contributed by atoms with E-state index in [9.17, 15) is 0 Å². The highest BCUT2D eigenvalue weighted by Gasteiger charge is 2.42. The van der Waals surface area contributed by atoms with Gasteiger partial charge in [0, 0.05) is 40.9 Å². The average Bonchev–Trinajstić information content (AvgIpc) is 3.37. The SMILES string of the molecule is CCCCCCC1(CCCCCC)c2cc(C)ccc2-c2ccc(N(c3ccccc3)c3ccc(N(C)c4ccccc4)cc3)cc21. The van der Waals surface area contributed by atoms with Gasteiger partial charge in [0.2, 0.25) is 0 Å². The summed E-state index contributed by atoms with van der Waals surface area (Å²) < 4.78 is 0. The lowest BCUT2D eigenvalue weighted by Crippen LogP contribution is -2.26. The molecular formula is C45H52N2. The zero-order valence-electron chi connectivity index (χ0n) is 29.0. The second-order valence-electron chi connectivity index (χ2n) is 13.6. The van der Waals surface area contributed by atoms with Gasteiger partial charge in [0.25, 0.3) is 0 Å². The molecule has 0 fully saturated rings. The van der Waals surface area contributed by atoms with Crippen LogP contribution in [0.4, 0.5) is 28.4 Å². The molecule has 0 saturated heterocycles. The quantitative estimate of drug-likeness (QED) is 0.107. The van der Waals surface area contributed by atoms with Crippen molar-refractivity contribution in [1.29, 1.82) is 0 Å². The summed E-state index contributed by atoms with van der Waals surface area (Å²) in [6.07, 6.45) is 12.8. The van der Waals surface area contributed by atoms with Crippen LogP contribution in [-0.2, 0) is 5.41 Å². The van der Waals surface area contributed by atoms with Crippen LogP contribution in [0, 0.1) is 6.92 Å². The first-order valence-electron chi connectivity index (χ1n) is 18.1. The van der Waals surface area contributed by atoms with Crippen LogP contribution in [0.25, 0.3) is 11.1 Å². The summed E-state index contributed by atoms with van der Waals surface area (Å²) in [5, 5.41) is 0. The standard InChI is InChI=1S/C45H52N2/c1-5-7-9-17-31-45(32-18-10-8-6-2)43-33-35(3)23-29-41(43)42-30-28-40(34-44(42)45)47(38-21-15-12-16-22-38)39-26-24-37(25-27-39)46(4)36-19-13-11-14-20-36/h11-16,19-30,33-34H,5-10,17-18,31-32H2,1-4H3. The Bertz CT molecular complexity index is 1710. The van der Waals surface area contributed by atoms with E-state index in [0.717, 1.165) is 0 Å². The van der Waals surface area contributed by atoms with Crippen molar-refractivity contribution in [3.8, 4) is 11.1 Å². The van der Waals surface area contributed by atoms with E-state index in [-0.39, 0.29) is 5.41 Å². The second kappa shape index (κ2) is 15.1. The molecule has 0 heterocycles. The number of nitrogens with zero attached hydrogens (tertiary/aromatic N) is 2. The summed E-state index contributed by atoms with van der Waals surface area (Å²) in [5.41, 5.74) is 13.3. The van der Waals surface area contributed by atoms with Gasteiger partial charge >= 0.3 is 0 Å². The number of fused-ring (bicyclic) bond motifs is 3. The largest absolute Gasteiger partial charge is 0.345 e. The van der Waals surface area contributed by atoms with E-state index in [0.29, 0.717) is 0 Å². The summed E-state index contributed by atoms with van der Waals surface area (Å²) in [7, 11) is 2.14. The Kier molecular flexibility index (Phi) is 10.5. The van der Waals surface area contributed by atoms with Crippen molar-refractivity contribution in [2.24, 2.45) is 0 Å². The highest BCUT2D eigenvalue weighted by atomic mass is 15.1. The van der Waals surface area contributed by atoms with Gasteiger partial charge in [-0.1, -0.05) is 131 Å². The summed E-state index contributed by atoms with van der Waals surface area (Å²) in [6, 6.07) is 45.1. The molecule has 0 bridgehead atoms. The van der Waals surface area contributed by atoms with Crippen LogP contribution in [-0.4, -0.2) is 7.05 Å². The summed E-state index contributed by atoms with van der Waals surface area (Å²) in [5.74, 6) is 0. The third kappa shape index (κ3) is 6.89. The maximum absolute atomic E-state index is 2.56. The number of anilines is 5. The minimum Gasteiger partial charge on any atom is -0.345 e. The van der Waals surface area contributed by atoms with Crippen molar-refractivity contribution in [2.45, 2.75) is 90.4 Å². The molecular weight excluding hydrogens is 569 g/mol. The van der Waals surface area contributed by atoms with Crippen LogP contribution in [0.15, 0.2) is 121 Å². The lowest BCUT2D eigenvalue weighted by Gasteiger charge is -2.34. The van der Waals surface area contributed by atoms with Crippen LogP contribution >= 0.6 is 0 Å². The predicted molar refractivity (Wildman–Crippen MR) is 204 cm³/mol. The van der Waals surface area contributed by atoms with Crippen molar-refractivity contribution in [1.82, 2.24) is 0 Å². The number of benzene rings is 5. The molecule has 0 spiro atoms. The fourth-order valence-electron chi connectivity index (χ4n) is 7.76. The van der Waals surface area contributed by atoms with Gasteiger partial charge in [-0.2, -0.15) is 0 Å². The highest BCUT2D eigenvalue weighted by Crippen LogP contribution is 2.56. The van der Waals surface area contributed by atoms with Gasteiger partial charge in [0.1, 0.15) is 0 Å². The molecule has 0 saturated carbocycles. The molecule has 0 amide bonds. The predicted octanol–water partition coefficient (Wildman–Crippen LogP) is 13.4. The van der Waals surface area contributed by atoms with E-state index in [1.807, 2.05) is 0 Å². The Morgan fingerprint density at radius 3 is 1.53 bits per heavy atom. The first-order chi connectivity index (χ1) is 23.1. The maximum Gasteiger partial charge on any atom is 0.0465 e. The van der Waals surface area contributed by atoms with Gasteiger partial charge < -0.3 is 9.80 Å². The first-order valence-corrected chi connectivity index (χ1v) is 18.1. The molecule has 0 radical (unpaired) electrons. The van der Waals surface area contributed by atoms with Crippen LogP contribution in [0.5, 0.6) is 0 Å². The van der Waals surface area contributed by atoms with E-state index in [2.05, 4.69) is 159 Å². The summed E-state index contributed by atoms with van der Waals surface area (Å²) in [4.78, 5) is 4.69. The van der Waals surface area contributed by atoms with Crippen molar-refractivity contribution in [3.05, 3.63) is 138 Å². The molecule has 47 heavy (non-hydrogen) atoms. The molecule has 0 N–H and O–H groups in total. The lowest BCUT2D eigenvalue weighted by molar-refractivity contribution is 0.401. The molecule has 0 aromatic heterocycles. The Morgan fingerprint density at radius 2 is 0.936 bits per heavy atom. The third-order valence-electron chi connectivity index (χ3n) is 10.3. The van der Waals surface area contributed by atoms with Crippen molar-refractivity contribution >= 4 is 28.4 Å². The minimum atomic E-state index is 0.0544. The zero-order valence-corrected chi connectivity index (χ0v) is 29.0. The average molecular weight is 621 g/mol. The van der Waals surface area contributed by atoms with Crippen LogP contribution < -0.4 is 9.80 Å². The van der Waals surface area contributed by atoms with Crippen molar-refractivity contribution in [2.75, 3.05) is 16.8 Å². The van der Waals surface area contributed by atoms with E-state index in [1.165, 1.54) is 115 Å². The van der Waals surface area contributed by atoms with E-state index in [4.69, 9.17) is 0 Å². The number of aryl methyl sites for hydroxylation is 1.